The molecule has 1 saturated carbocycles. The lowest BCUT2D eigenvalue weighted by atomic mass is 10.1. The first-order valence-electron chi connectivity index (χ1n) is 6.31. The summed E-state index contributed by atoms with van der Waals surface area (Å²) in [5.41, 5.74) is 2.36. The zero-order valence-electron chi connectivity index (χ0n) is 10.8. The summed E-state index contributed by atoms with van der Waals surface area (Å²) in [5, 5.41) is 3.46. The van der Waals surface area contributed by atoms with E-state index in [0.29, 0.717) is 6.04 Å². The average Bonchev–Trinajstić information content (AvgIpc) is 3.08. The van der Waals surface area contributed by atoms with Crippen LogP contribution in [0.3, 0.4) is 0 Å². The van der Waals surface area contributed by atoms with Crippen molar-refractivity contribution in [2.24, 2.45) is 0 Å². The molecule has 0 spiro atoms. The minimum absolute atomic E-state index is 0. The van der Waals surface area contributed by atoms with Crippen LogP contribution in [-0.4, -0.2) is 6.04 Å². The molecule has 3 rings (SSSR count). The quantitative estimate of drug-likeness (QED) is 0.872. The van der Waals surface area contributed by atoms with Crippen molar-refractivity contribution in [1.82, 2.24) is 5.32 Å². The van der Waals surface area contributed by atoms with Gasteiger partial charge in [-0.05, 0) is 49.6 Å². The van der Waals surface area contributed by atoms with Crippen LogP contribution in [0.4, 0.5) is 0 Å². The fourth-order valence-corrected chi connectivity index (χ4v) is 2.21. The van der Waals surface area contributed by atoms with Gasteiger partial charge in [0.15, 0.2) is 0 Å². The first-order chi connectivity index (χ1) is 8.72. The maximum atomic E-state index is 5.86. The Balaban J connectivity index is 0.00000133. The maximum absolute atomic E-state index is 5.86. The standard InChI is InChI=1S/C15H16BrNO.ClH/c1-10-8-11(2-6-14(10)16)15-7-5-13(18-15)9-17-12-3-4-12;/h2,5-8,12,17H,3-4,9H2,1H3;1H. The van der Waals surface area contributed by atoms with Crippen molar-refractivity contribution in [3.05, 3.63) is 46.1 Å². The fourth-order valence-electron chi connectivity index (χ4n) is 1.96. The second kappa shape index (κ2) is 6.12. The number of rotatable bonds is 4. The number of halogens is 2. The third kappa shape index (κ3) is 3.62. The summed E-state index contributed by atoms with van der Waals surface area (Å²) < 4.78 is 7.00. The summed E-state index contributed by atoms with van der Waals surface area (Å²) >= 11 is 3.51. The molecule has 102 valence electrons. The SMILES string of the molecule is Cc1cc(-c2ccc(CNC3CC3)o2)ccc1Br.Cl. The summed E-state index contributed by atoms with van der Waals surface area (Å²) in [6.45, 7) is 2.92. The lowest BCUT2D eigenvalue weighted by molar-refractivity contribution is 0.492. The fraction of sp³-hybridized carbons (Fsp3) is 0.333. The molecule has 0 atom stereocenters. The van der Waals surface area contributed by atoms with Gasteiger partial charge in [0.1, 0.15) is 11.5 Å². The molecule has 1 heterocycles. The molecule has 0 radical (unpaired) electrons. The van der Waals surface area contributed by atoms with Gasteiger partial charge in [0.2, 0.25) is 0 Å². The zero-order chi connectivity index (χ0) is 12.5. The van der Waals surface area contributed by atoms with E-state index < -0.39 is 0 Å². The highest BCUT2D eigenvalue weighted by molar-refractivity contribution is 9.10. The molecule has 2 aromatic rings. The van der Waals surface area contributed by atoms with E-state index in [1.165, 1.54) is 18.4 Å². The van der Waals surface area contributed by atoms with E-state index in [2.05, 4.69) is 52.4 Å². The van der Waals surface area contributed by atoms with Gasteiger partial charge >= 0.3 is 0 Å². The Morgan fingerprint density at radius 3 is 2.74 bits per heavy atom. The molecule has 0 amide bonds. The van der Waals surface area contributed by atoms with Gasteiger partial charge < -0.3 is 9.73 Å². The van der Waals surface area contributed by atoms with Gasteiger partial charge in [-0.15, -0.1) is 12.4 Å². The molecular weight excluding hydrogens is 326 g/mol. The number of hydrogen-bond acceptors (Lipinski definition) is 2. The van der Waals surface area contributed by atoms with E-state index in [1.54, 1.807) is 0 Å². The van der Waals surface area contributed by atoms with E-state index >= 15 is 0 Å². The van der Waals surface area contributed by atoms with Crippen LogP contribution in [0.15, 0.2) is 39.2 Å². The first kappa shape index (κ1) is 14.6. The molecule has 1 aliphatic rings. The molecule has 0 bridgehead atoms. The molecule has 0 aliphatic heterocycles. The predicted molar refractivity (Wildman–Crippen MR) is 83.7 cm³/mol. The number of aryl methyl sites for hydroxylation is 1. The molecule has 1 fully saturated rings. The van der Waals surface area contributed by atoms with Gasteiger partial charge in [0.05, 0.1) is 6.54 Å². The minimum Gasteiger partial charge on any atom is -0.460 e. The lowest BCUT2D eigenvalue weighted by Crippen LogP contribution is -2.14. The Hall–Kier alpha value is -0.770. The van der Waals surface area contributed by atoms with E-state index in [0.717, 1.165) is 28.1 Å². The number of nitrogens with one attached hydrogen (secondary N) is 1. The van der Waals surface area contributed by atoms with Crippen molar-refractivity contribution in [2.45, 2.75) is 32.4 Å². The highest BCUT2D eigenvalue weighted by Crippen LogP contribution is 2.27. The predicted octanol–water partition coefficient (Wildman–Crippen LogP) is 4.69. The summed E-state index contributed by atoms with van der Waals surface area (Å²) in [7, 11) is 0. The van der Waals surface area contributed by atoms with Crippen LogP contribution < -0.4 is 5.32 Å². The Morgan fingerprint density at radius 2 is 2.05 bits per heavy atom. The molecule has 0 saturated heterocycles. The highest BCUT2D eigenvalue weighted by Gasteiger charge is 2.20. The van der Waals surface area contributed by atoms with Crippen molar-refractivity contribution in [3.63, 3.8) is 0 Å². The second-order valence-corrected chi connectivity index (χ2v) is 5.74. The Morgan fingerprint density at radius 1 is 1.26 bits per heavy atom. The third-order valence-electron chi connectivity index (χ3n) is 3.25. The Bertz CT molecular complexity index is 563. The zero-order valence-corrected chi connectivity index (χ0v) is 13.2. The average molecular weight is 343 g/mol. The van der Waals surface area contributed by atoms with Crippen molar-refractivity contribution >= 4 is 28.3 Å². The Labute approximate surface area is 128 Å². The number of hydrogen-bond donors (Lipinski definition) is 1. The van der Waals surface area contributed by atoms with Gasteiger partial charge in [-0.2, -0.15) is 0 Å². The molecule has 1 N–H and O–H groups in total. The van der Waals surface area contributed by atoms with Gasteiger partial charge in [0.25, 0.3) is 0 Å². The topological polar surface area (TPSA) is 25.2 Å². The normalized spacial score (nSPS) is 14.2. The third-order valence-corrected chi connectivity index (χ3v) is 4.14. The van der Waals surface area contributed by atoms with Crippen LogP contribution in [0, 0.1) is 6.92 Å². The molecular formula is C15H17BrClNO. The number of furan rings is 1. The molecule has 2 nitrogen and oxygen atoms in total. The van der Waals surface area contributed by atoms with E-state index in [4.69, 9.17) is 4.42 Å². The van der Waals surface area contributed by atoms with Gasteiger partial charge in [-0.25, -0.2) is 0 Å². The van der Waals surface area contributed by atoms with E-state index in [9.17, 15) is 0 Å². The monoisotopic (exact) mass is 341 g/mol. The summed E-state index contributed by atoms with van der Waals surface area (Å²) in [5.74, 6) is 1.95. The molecule has 1 aromatic heterocycles. The van der Waals surface area contributed by atoms with Crippen LogP contribution in [0.25, 0.3) is 11.3 Å². The van der Waals surface area contributed by atoms with Crippen LogP contribution in [0.1, 0.15) is 24.2 Å². The summed E-state index contributed by atoms with van der Waals surface area (Å²) in [6.07, 6.45) is 2.61. The summed E-state index contributed by atoms with van der Waals surface area (Å²) in [4.78, 5) is 0. The van der Waals surface area contributed by atoms with Crippen molar-refractivity contribution in [3.8, 4) is 11.3 Å². The minimum atomic E-state index is 0. The van der Waals surface area contributed by atoms with Gasteiger partial charge in [-0.3, -0.25) is 0 Å². The second-order valence-electron chi connectivity index (χ2n) is 4.89. The smallest absolute Gasteiger partial charge is 0.134 e. The Kier molecular flexibility index (Phi) is 4.71. The molecule has 4 heteroatoms. The van der Waals surface area contributed by atoms with Gasteiger partial charge in [-0.1, -0.05) is 22.0 Å². The summed E-state index contributed by atoms with van der Waals surface area (Å²) in [6, 6.07) is 11.1. The van der Waals surface area contributed by atoms with Crippen LogP contribution in [0.2, 0.25) is 0 Å². The van der Waals surface area contributed by atoms with Crippen LogP contribution in [0.5, 0.6) is 0 Å². The van der Waals surface area contributed by atoms with E-state index in [1.807, 2.05) is 6.07 Å². The highest BCUT2D eigenvalue weighted by atomic mass is 79.9. The molecule has 1 aromatic carbocycles. The van der Waals surface area contributed by atoms with Gasteiger partial charge in [0, 0.05) is 16.1 Å². The molecule has 1 aliphatic carbocycles. The lowest BCUT2D eigenvalue weighted by Gasteiger charge is -2.02. The molecule has 0 unspecified atom stereocenters. The largest absolute Gasteiger partial charge is 0.460 e. The van der Waals surface area contributed by atoms with Crippen molar-refractivity contribution in [2.75, 3.05) is 0 Å². The van der Waals surface area contributed by atoms with E-state index in [-0.39, 0.29) is 12.4 Å². The first-order valence-corrected chi connectivity index (χ1v) is 7.10. The van der Waals surface area contributed by atoms with Crippen LogP contribution in [-0.2, 0) is 6.54 Å². The number of benzene rings is 1. The van der Waals surface area contributed by atoms with Crippen LogP contribution >= 0.6 is 28.3 Å². The maximum Gasteiger partial charge on any atom is 0.134 e. The molecule has 19 heavy (non-hydrogen) atoms. The van der Waals surface area contributed by atoms with Crippen molar-refractivity contribution in [1.29, 1.82) is 0 Å². The van der Waals surface area contributed by atoms with Crippen molar-refractivity contribution < 1.29 is 4.42 Å².